The van der Waals surface area contributed by atoms with Crippen molar-refractivity contribution in [1.29, 1.82) is 5.26 Å². The van der Waals surface area contributed by atoms with Gasteiger partial charge < -0.3 is 16.2 Å². The Bertz CT molecular complexity index is 645. The van der Waals surface area contributed by atoms with E-state index in [0.29, 0.717) is 23.3 Å². The number of nitrogen functional groups attached to an aromatic ring is 1. The van der Waals surface area contributed by atoms with Crippen molar-refractivity contribution in [2.45, 2.75) is 32.8 Å². The highest BCUT2D eigenvalue weighted by atomic mass is 32.1. The molecule has 0 radical (unpaired) electrons. The van der Waals surface area contributed by atoms with E-state index in [1.165, 1.54) is 0 Å². The van der Waals surface area contributed by atoms with Crippen LogP contribution in [0.4, 0.5) is 5.00 Å². The first-order valence-corrected chi connectivity index (χ1v) is 7.42. The molecule has 0 spiro atoms. The molecular weight excluding hydrogens is 290 g/mol. The van der Waals surface area contributed by atoms with E-state index in [1.54, 1.807) is 0 Å². The number of hydrogen-bond acceptors (Lipinski definition) is 6. The normalized spacial score (nSPS) is 21.1. The Kier molecular flexibility index (Phi) is 4.03. The molecule has 0 bridgehead atoms. The first-order chi connectivity index (χ1) is 9.82. The van der Waals surface area contributed by atoms with E-state index in [1.807, 2.05) is 13.8 Å². The molecule has 21 heavy (non-hydrogen) atoms. The van der Waals surface area contributed by atoms with Crippen LogP contribution in [0.5, 0.6) is 0 Å². The summed E-state index contributed by atoms with van der Waals surface area (Å²) in [5.41, 5.74) is 10.7. The summed E-state index contributed by atoms with van der Waals surface area (Å²) in [4.78, 5) is 24.5. The lowest BCUT2D eigenvalue weighted by molar-refractivity contribution is 0.0242. The predicted molar refractivity (Wildman–Crippen MR) is 79.0 cm³/mol. The minimum atomic E-state index is -1.20. The van der Waals surface area contributed by atoms with Crippen molar-refractivity contribution >= 4 is 28.0 Å². The van der Waals surface area contributed by atoms with Gasteiger partial charge in [-0.15, -0.1) is 11.3 Å². The summed E-state index contributed by atoms with van der Waals surface area (Å²) in [6.45, 7) is 3.74. The number of nitrogens with two attached hydrogens (primary N) is 2. The summed E-state index contributed by atoms with van der Waals surface area (Å²) in [6, 6.07) is 2.10. The maximum atomic E-state index is 12.7. The summed E-state index contributed by atoms with van der Waals surface area (Å²) in [5.74, 6) is -0.961. The highest BCUT2D eigenvalue weighted by Gasteiger charge is 2.46. The topological polar surface area (TPSA) is 119 Å². The van der Waals surface area contributed by atoms with Gasteiger partial charge in [0.1, 0.15) is 5.41 Å². The van der Waals surface area contributed by atoms with Gasteiger partial charge in [-0.25, -0.2) is 0 Å². The highest BCUT2D eigenvalue weighted by Crippen LogP contribution is 2.43. The molecule has 0 aromatic carbocycles. The number of fused-ring (bicyclic) bond motifs is 1. The van der Waals surface area contributed by atoms with Crippen molar-refractivity contribution in [1.82, 2.24) is 0 Å². The van der Waals surface area contributed by atoms with Crippen LogP contribution in [0.3, 0.4) is 0 Å². The third kappa shape index (κ3) is 2.52. The summed E-state index contributed by atoms with van der Waals surface area (Å²) in [6.07, 6.45) is 0.652. The van der Waals surface area contributed by atoms with Crippen LogP contribution in [-0.2, 0) is 11.2 Å². The Hall–Kier alpha value is -1.91. The van der Waals surface area contributed by atoms with Gasteiger partial charge in [-0.05, 0) is 32.3 Å². The predicted octanol–water partition coefficient (Wildman–Crippen LogP) is 1.49. The largest absolute Gasteiger partial charge is 0.390 e. The van der Waals surface area contributed by atoms with E-state index in [4.69, 9.17) is 16.2 Å². The molecule has 1 unspecified atom stereocenters. The molecule has 1 aliphatic carbocycles. The lowest BCUT2D eigenvalue weighted by Gasteiger charge is -2.29. The van der Waals surface area contributed by atoms with Gasteiger partial charge in [-0.3, -0.25) is 9.59 Å². The van der Waals surface area contributed by atoms with Crippen LogP contribution in [0.1, 0.15) is 45.9 Å². The second kappa shape index (κ2) is 5.47. The van der Waals surface area contributed by atoms with E-state index in [-0.39, 0.29) is 29.1 Å². The first-order valence-electron chi connectivity index (χ1n) is 6.61. The van der Waals surface area contributed by atoms with Crippen molar-refractivity contribution in [2.75, 3.05) is 12.3 Å². The van der Waals surface area contributed by atoms with Gasteiger partial charge in [0.2, 0.25) is 0 Å². The Balaban J connectivity index is 2.43. The van der Waals surface area contributed by atoms with Gasteiger partial charge in [0.25, 0.3) is 5.91 Å². The van der Waals surface area contributed by atoms with Crippen LogP contribution in [0.25, 0.3) is 0 Å². The fraction of sp³-hybridized carbons (Fsp3) is 0.500. The van der Waals surface area contributed by atoms with Crippen LogP contribution in [0, 0.1) is 16.7 Å². The molecule has 1 atom stereocenters. The molecule has 1 amide bonds. The van der Waals surface area contributed by atoms with Crippen LogP contribution in [0.15, 0.2) is 0 Å². The molecule has 0 saturated heterocycles. The summed E-state index contributed by atoms with van der Waals surface area (Å²) >= 11 is 1.03. The average Bonchev–Trinajstić information content (AvgIpc) is 2.75. The third-order valence-corrected chi connectivity index (χ3v) is 4.66. The summed E-state index contributed by atoms with van der Waals surface area (Å²) < 4.78 is 5.48. The Morgan fingerprint density at radius 2 is 2.24 bits per heavy atom. The molecule has 7 heteroatoms. The molecular formula is C14H17N3O3S. The zero-order chi connectivity index (χ0) is 15.8. The van der Waals surface area contributed by atoms with Gasteiger partial charge >= 0.3 is 0 Å². The molecule has 2 rings (SSSR count). The van der Waals surface area contributed by atoms with Crippen LogP contribution >= 0.6 is 11.3 Å². The number of hydrogen-bond donors (Lipinski definition) is 2. The number of anilines is 1. The molecule has 1 aromatic rings. The van der Waals surface area contributed by atoms with Crippen molar-refractivity contribution in [3.8, 4) is 6.07 Å². The van der Waals surface area contributed by atoms with E-state index in [2.05, 4.69) is 6.07 Å². The maximum Gasteiger partial charge on any atom is 0.251 e. The van der Waals surface area contributed by atoms with E-state index >= 15 is 0 Å². The quantitative estimate of drug-likeness (QED) is 0.873. The van der Waals surface area contributed by atoms with E-state index in [0.717, 1.165) is 11.3 Å². The van der Waals surface area contributed by atoms with Crippen molar-refractivity contribution in [2.24, 2.45) is 11.1 Å². The van der Waals surface area contributed by atoms with Crippen molar-refractivity contribution in [3.05, 3.63) is 16.0 Å². The number of amides is 1. The van der Waals surface area contributed by atoms with E-state index in [9.17, 15) is 14.9 Å². The second-order valence-corrected chi connectivity index (χ2v) is 6.45. The average molecular weight is 307 g/mol. The van der Waals surface area contributed by atoms with Crippen molar-refractivity contribution in [3.63, 3.8) is 0 Å². The number of ether oxygens (including phenoxy) is 1. The number of ketones is 1. The standard InChI is InChI=1S/C14H17N3O3S/c1-7(2)20-6-14(5-15)4-3-8-9(12(16)19)13(17)21-10(8)11(14)18/h7H,3-4,6,17H2,1-2H3,(H2,16,19). The number of primary amides is 1. The SMILES string of the molecule is CC(C)OCC1(C#N)CCc2c(sc(N)c2C(N)=O)C1=O. The maximum absolute atomic E-state index is 12.7. The summed E-state index contributed by atoms with van der Waals surface area (Å²) in [5, 5.41) is 9.70. The molecule has 112 valence electrons. The van der Waals surface area contributed by atoms with E-state index < -0.39 is 11.3 Å². The van der Waals surface area contributed by atoms with Gasteiger partial charge in [-0.1, -0.05) is 0 Å². The minimum absolute atomic E-state index is 0.0448. The zero-order valence-electron chi connectivity index (χ0n) is 11.9. The van der Waals surface area contributed by atoms with Gasteiger partial charge in [0.05, 0.1) is 34.2 Å². The second-order valence-electron chi connectivity index (χ2n) is 5.40. The van der Waals surface area contributed by atoms with Gasteiger partial charge in [0.15, 0.2) is 5.78 Å². The zero-order valence-corrected chi connectivity index (χ0v) is 12.8. The molecule has 0 fully saturated rings. The van der Waals surface area contributed by atoms with Gasteiger partial charge in [0, 0.05) is 0 Å². The molecule has 4 N–H and O–H groups in total. The Morgan fingerprint density at radius 3 is 2.76 bits per heavy atom. The fourth-order valence-corrected chi connectivity index (χ4v) is 3.59. The number of carbonyl (C=O) groups is 2. The lowest BCUT2D eigenvalue weighted by Crippen LogP contribution is -2.39. The molecule has 1 heterocycles. The highest BCUT2D eigenvalue weighted by molar-refractivity contribution is 7.18. The van der Waals surface area contributed by atoms with Gasteiger partial charge in [-0.2, -0.15) is 5.26 Å². The molecule has 6 nitrogen and oxygen atoms in total. The van der Waals surface area contributed by atoms with Crippen molar-refractivity contribution < 1.29 is 14.3 Å². The number of rotatable bonds is 4. The number of carbonyl (C=O) groups excluding carboxylic acids is 2. The Morgan fingerprint density at radius 1 is 1.57 bits per heavy atom. The Labute approximate surface area is 126 Å². The van der Waals surface area contributed by atoms with Crippen LogP contribution in [0.2, 0.25) is 0 Å². The van der Waals surface area contributed by atoms with Crippen LogP contribution < -0.4 is 11.5 Å². The van der Waals surface area contributed by atoms with Crippen LogP contribution in [-0.4, -0.2) is 24.4 Å². The number of nitrogens with zero attached hydrogens (tertiary/aromatic N) is 1. The fourth-order valence-electron chi connectivity index (χ4n) is 2.43. The molecule has 0 aliphatic heterocycles. The monoisotopic (exact) mass is 307 g/mol. The smallest absolute Gasteiger partial charge is 0.251 e. The minimum Gasteiger partial charge on any atom is -0.390 e. The number of nitriles is 1. The molecule has 0 saturated carbocycles. The molecule has 1 aromatic heterocycles. The first kappa shape index (κ1) is 15.5. The third-order valence-electron chi connectivity index (χ3n) is 3.60. The lowest BCUT2D eigenvalue weighted by atomic mass is 9.74. The summed E-state index contributed by atoms with van der Waals surface area (Å²) in [7, 11) is 0. The number of thiophene rings is 1. The molecule has 1 aliphatic rings. The number of Topliss-reactive ketones (excluding diaryl/α,β-unsaturated/α-hetero) is 1.